The summed E-state index contributed by atoms with van der Waals surface area (Å²) >= 11 is 12.0. The van der Waals surface area contributed by atoms with Gasteiger partial charge in [0.25, 0.3) is 0 Å². The molecule has 0 aromatic heterocycles. The number of hydrogen-bond acceptors (Lipinski definition) is 3. The first-order valence-corrected chi connectivity index (χ1v) is 7.69. The fourth-order valence-electron chi connectivity index (χ4n) is 1.89. The third-order valence-electron chi connectivity index (χ3n) is 3.02. The molecule has 0 aliphatic heterocycles. The molecule has 0 saturated carbocycles. The van der Waals surface area contributed by atoms with Crippen molar-refractivity contribution in [3.8, 4) is 17.6 Å². The molecule has 0 unspecified atom stereocenters. The summed E-state index contributed by atoms with van der Waals surface area (Å²) in [6.07, 6.45) is 0.558. The number of nitriles is 1. The Hall–Kier alpha value is -2.22. The molecule has 1 amide bonds. The third-order valence-corrected chi connectivity index (χ3v) is 3.57. The summed E-state index contributed by atoms with van der Waals surface area (Å²) in [4.78, 5) is 11.2. The molecule has 0 saturated heterocycles. The molecular weight excluding hydrogens is 335 g/mol. The zero-order chi connectivity index (χ0) is 16.7. The Morgan fingerprint density at radius 1 is 1.17 bits per heavy atom. The van der Waals surface area contributed by atoms with Crippen LogP contribution in [0.25, 0.3) is 0 Å². The van der Waals surface area contributed by atoms with E-state index in [-0.39, 0.29) is 12.3 Å². The van der Waals surface area contributed by atoms with Crippen LogP contribution in [0.5, 0.6) is 11.5 Å². The van der Waals surface area contributed by atoms with Gasteiger partial charge in [-0.2, -0.15) is 5.26 Å². The Morgan fingerprint density at radius 3 is 2.61 bits per heavy atom. The van der Waals surface area contributed by atoms with E-state index in [1.165, 1.54) is 0 Å². The number of hydrogen-bond donors (Lipinski definition) is 1. The van der Waals surface area contributed by atoms with Gasteiger partial charge in [-0.1, -0.05) is 35.3 Å². The van der Waals surface area contributed by atoms with Gasteiger partial charge < -0.3 is 10.1 Å². The smallest absolute Gasteiger partial charge is 0.234 e. The van der Waals surface area contributed by atoms with Crippen molar-refractivity contribution in [3.63, 3.8) is 0 Å². The first kappa shape index (κ1) is 17.1. The molecule has 4 nitrogen and oxygen atoms in total. The molecule has 0 spiro atoms. The summed E-state index contributed by atoms with van der Waals surface area (Å²) in [7, 11) is 0. The number of carbonyl (C=O) groups is 1. The molecule has 1 N–H and O–H groups in total. The molecule has 0 aliphatic carbocycles. The lowest BCUT2D eigenvalue weighted by atomic mass is 10.1. The lowest BCUT2D eigenvalue weighted by molar-refractivity contribution is -0.120. The van der Waals surface area contributed by atoms with Crippen molar-refractivity contribution in [3.05, 3.63) is 58.1 Å². The fourth-order valence-corrected chi connectivity index (χ4v) is 2.21. The van der Waals surface area contributed by atoms with Gasteiger partial charge in [-0.15, -0.1) is 0 Å². The van der Waals surface area contributed by atoms with Crippen molar-refractivity contribution >= 4 is 29.1 Å². The number of nitrogens with one attached hydrogen (secondary N) is 1. The zero-order valence-corrected chi connectivity index (χ0v) is 13.7. The summed E-state index contributed by atoms with van der Waals surface area (Å²) in [6.45, 7) is 0.487. The van der Waals surface area contributed by atoms with E-state index in [1.807, 2.05) is 24.3 Å². The van der Waals surface area contributed by atoms with Crippen molar-refractivity contribution < 1.29 is 9.53 Å². The number of benzene rings is 2. The Balaban J connectivity index is 1.91. The first-order chi connectivity index (χ1) is 11.1. The van der Waals surface area contributed by atoms with Crippen LogP contribution in [0.2, 0.25) is 10.0 Å². The van der Waals surface area contributed by atoms with Crippen LogP contribution in [0.4, 0.5) is 0 Å². The molecule has 0 heterocycles. The average molecular weight is 349 g/mol. The molecule has 0 aliphatic rings. The van der Waals surface area contributed by atoms with E-state index in [4.69, 9.17) is 33.2 Å². The van der Waals surface area contributed by atoms with Gasteiger partial charge in [0.15, 0.2) is 0 Å². The van der Waals surface area contributed by atoms with Crippen LogP contribution in [-0.4, -0.2) is 12.5 Å². The number of halogens is 2. The van der Waals surface area contributed by atoms with Crippen LogP contribution in [0.3, 0.4) is 0 Å². The first-order valence-electron chi connectivity index (χ1n) is 6.94. The standard InChI is InChI=1S/C17H14Cl2N2O2/c18-13-3-6-15(19)16(11-13)23-14-4-1-12(2-5-14)8-10-21-17(22)7-9-20/h1-6,11H,7-8,10H2,(H,21,22). The zero-order valence-electron chi connectivity index (χ0n) is 12.2. The van der Waals surface area contributed by atoms with E-state index in [0.717, 1.165) is 5.56 Å². The number of nitrogens with zero attached hydrogens (tertiary/aromatic N) is 1. The maximum Gasteiger partial charge on any atom is 0.234 e. The van der Waals surface area contributed by atoms with E-state index in [0.29, 0.717) is 34.5 Å². The predicted molar refractivity (Wildman–Crippen MR) is 89.9 cm³/mol. The Morgan fingerprint density at radius 2 is 1.91 bits per heavy atom. The molecule has 2 aromatic carbocycles. The van der Waals surface area contributed by atoms with Crippen LogP contribution in [0, 0.1) is 11.3 Å². The second-order valence-electron chi connectivity index (χ2n) is 4.76. The molecule has 2 rings (SSSR count). The molecule has 2 aromatic rings. The van der Waals surface area contributed by atoms with Crippen LogP contribution in [0.1, 0.15) is 12.0 Å². The van der Waals surface area contributed by atoms with Crippen LogP contribution in [-0.2, 0) is 11.2 Å². The van der Waals surface area contributed by atoms with E-state index in [2.05, 4.69) is 5.32 Å². The largest absolute Gasteiger partial charge is 0.456 e. The minimum absolute atomic E-state index is 0.118. The summed E-state index contributed by atoms with van der Waals surface area (Å²) in [6, 6.07) is 14.3. The van der Waals surface area contributed by atoms with Gasteiger partial charge in [0.2, 0.25) is 5.91 Å². The number of rotatable bonds is 6. The van der Waals surface area contributed by atoms with Gasteiger partial charge in [0.1, 0.15) is 17.9 Å². The summed E-state index contributed by atoms with van der Waals surface area (Å²) in [5, 5.41) is 12.1. The third kappa shape index (κ3) is 5.48. The topological polar surface area (TPSA) is 62.1 Å². The fraction of sp³-hybridized carbons (Fsp3) is 0.176. The Bertz CT molecular complexity index is 724. The lowest BCUT2D eigenvalue weighted by Gasteiger charge is -2.09. The molecule has 0 bridgehead atoms. The normalized spacial score (nSPS) is 9.96. The van der Waals surface area contributed by atoms with Gasteiger partial charge in [-0.05, 0) is 36.2 Å². The lowest BCUT2D eigenvalue weighted by Crippen LogP contribution is -2.24. The highest BCUT2D eigenvalue weighted by atomic mass is 35.5. The highest BCUT2D eigenvalue weighted by Gasteiger charge is 2.05. The van der Waals surface area contributed by atoms with Crippen LogP contribution in [0.15, 0.2) is 42.5 Å². The van der Waals surface area contributed by atoms with Crippen molar-refractivity contribution in [1.29, 1.82) is 5.26 Å². The summed E-state index contributed by atoms with van der Waals surface area (Å²) < 4.78 is 5.70. The van der Waals surface area contributed by atoms with Crippen molar-refractivity contribution in [2.75, 3.05) is 6.54 Å². The number of ether oxygens (including phenoxy) is 1. The number of carbonyl (C=O) groups excluding carboxylic acids is 1. The molecule has 0 radical (unpaired) electrons. The van der Waals surface area contributed by atoms with Crippen molar-refractivity contribution in [1.82, 2.24) is 5.32 Å². The molecule has 6 heteroatoms. The van der Waals surface area contributed by atoms with E-state index >= 15 is 0 Å². The van der Waals surface area contributed by atoms with Gasteiger partial charge in [-0.3, -0.25) is 4.79 Å². The van der Waals surface area contributed by atoms with E-state index < -0.39 is 0 Å². The Kier molecular flexibility index (Phi) is 6.28. The van der Waals surface area contributed by atoms with E-state index in [1.54, 1.807) is 24.3 Å². The minimum atomic E-state index is -0.261. The highest BCUT2D eigenvalue weighted by Crippen LogP contribution is 2.31. The molecule has 118 valence electrons. The van der Waals surface area contributed by atoms with Crippen molar-refractivity contribution in [2.45, 2.75) is 12.8 Å². The summed E-state index contributed by atoms with van der Waals surface area (Å²) in [5.74, 6) is 0.880. The Labute approximate surface area is 144 Å². The van der Waals surface area contributed by atoms with Gasteiger partial charge >= 0.3 is 0 Å². The predicted octanol–water partition coefficient (Wildman–Crippen LogP) is 4.36. The quantitative estimate of drug-likeness (QED) is 0.843. The van der Waals surface area contributed by atoms with Crippen LogP contribution < -0.4 is 10.1 Å². The summed E-state index contributed by atoms with van der Waals surface area (Å²) in [5.41, 5.74) is 1.05. The van der Waals surface area contributed by atoms with Gasteiger partial charge in [-0.25, -0.2) is 0 Å². The molecule has 0 fully saturated rings. The maximum atomic E-state index is 11.2. The van der Waals surface area contributed by atoms with Crippen molar-refractivity contribution in [2.24, 2.45) is 0 Å². The molecule has 23 heavy (non-hydrogen) atoms. The van der Waals surface area contributed by atoms with Gasteiger partial charge in [0.05, 0.1) is 11.1 Å². The molecule has 0 atom stereocenters. The average Bonchev–Trinajstić information content (AvgIpc) is 2.53. The van der Waals surface area contributed by atoms with Crippen LogP contribution >= 0.6 is 23.2 Å². The second-order valence-corrected chi connectivity index (χ2v) is 5.60. The molecular formula is C17H14Cl2N2O2. The monoisotopic (exact) mass is 348 g/mol. The van der Waals surface area contributed by atoms with E-state index in [9.17, 15) is 4.79 Å². The second kappa shape index (κ2) is 8.42. The van der Waals surface area contributed by atoms with Gasteiger partial charge in [0, 0.05) is 17.6 Å². The SMILES string of the molecule is N#CCC(=O)NCCc1ccc(Oc2cc(Cl)ccc2Cl)cc1. The maximum absolute atomic E-state index is 11.2. The minimum Gasteiger partial charge on any atom is -0.456 e. The number of amides is 1. The highest BCUT2D eigenvalue weighted by molar-refractivity contribution is 6.34.